The van der Waals surface area contributed by atoms with Crippen molar-refractivity contribution < 1.29 is 23.9 Å². The molecule has 1 fully saturated rings. The first kappa shape index (κ1) is 15.0. The van der Waals surface area contributed by atoms with Gasteiger partial charge in [-0.1, -0.05) is 18.2 Å². The molecule has 1 atom stereocenters. The highest BCUT2D eigenvalue weighted by Crippen LogP contribution is 2.36. The van der Waals surface area contributed by atoms with E-state index >= 15 is 0 Å². The van der Waals surface area contributed by atoms with Crippen molar-refractivity contribution in [1.29, 1.82) is 0 Å². The summed E-state index contributed by atoms with van der Waals surface area (Å²) in [7, 11) is 0. The van der Waals surface area contributed by atoms with Crippen LogP contribution in [-0.4, -0.2) is 29.7 Å². The van der Waals surface area contributed by atoms with E-state index in [0.717, 1.165) is 0 Å². The van der Waals surface area contributed by atoms with Crippen LogP contribution in [0.4, 0.5) is 0 Å². The van der Waals surface area contributed by atoms with E-state index in [1.165, 1.54) is 12.2 Å². The molecule has 1 heterocycles. The molecule has 0 spiro atoms. The van der Waals surface area contributed by atoms with Gasteiger partial charge >= 0.3 is 5.97 Å². The first-order chi connectivity index (χ1) is 9.89. The topological polar surface area (TPSA) is 69.7 Å². The van der Waals surface area contributed by atoms with Gasteiger partial charge in [0.15, 0.2) is 29.5 Å². The minimum Gasteiger partial charge on any atom is -0.481 e. The Labute approximate surface area is 122 Å². The average molecular weight is 288 g/mol. The van der Waals surface area contributed by atoms with Crippen LogP contribution in [0.5, 0.6) is 0 Å². The first-order valence-corrected chi connectivity index (χ1v) is 6.56. The van der Waals surface area contributed by atoms with Crippen molar-refractivity contribution in [1.82, 2.24) is 0 Å². The van der Waals surface area contributed by atoms with E-state index in [1.807, 2.05) is 6.92 Å². The lowest BCUT2D eigenvalue weighted by Crippen LogP contribution is -2.44. The first-order valence-electron chi connectivity index (χ1n) is 6.56. The molecule has 0 bridgehead atoms. The van der Waals surface area contributed by atoms with Gasteiger partial charge in [0.1, 0.15) is 0 Å². The fourth-order valence-corrected chi connectivity index (χ4v) is 2.34. The van der Waals surface area contributed by atoms with E-state index in [-0.39, 0.29) is 17.8 Å². The average Bonchev–Trinajstić information content (AvgIpc) is 2.42. The molecule has 1 aliphatic heterocycles. The van der Waals surface area contributed by atoms with Gasteiger partial charge in [-0.05, 0) is 32.9 Å². The number of rotatable bonds is 3. The Morgan fingerprint density at radius 1 is 1.33 bits per heavy atom. The molecule has 5 nitrogen and oxygen atoms in total. The molecule has 1 aliphatic carbocycles. The van der Waals surface area contributed by atoms with Crippen LogP contribution in [0.25, 0.3) is 0 Å². The number of ether oxygens (including phenoxy) is 2. The molecule has 0 N–H and O–H groups in total. The van der Waals surface area contributed by atoms with Gasteiger partial charge in [0.25, 0.3) is 0 Å². The molecule has 1 unspecified atom stereocenters. The molecule has 0 aromatic carbocycles. The highest BCUT2D eigenvalue weighted by molar-refractivity contribution is 6.30. The molecule has 1 saturated heterocycles. The number of esters is 1. The van der Waals surface area contributed by atoms with Crippen LogP contribution in [0.15, 0.2) is 47.3 Å². The Morgan fingerprint density at radius 3 is 2.71 bits per heavy atom. The van der Waals surface area contributed by atoms with Crippen LogP contribution in [0, 0.1) is 0 Å². The number of carbonyl (C=O) groups excluding carboxylic acids is 3. The lowest BCUT2D eigenvalue weighted by Gasteiger charge is -2.36. The Bertz CT molecular complexity index is 633. The number of Topliss-reactive ketones (excluding diaryl/α,β-unsaturated/α-hetero) is 1. The van der Waals surface area contributed by atoms with E-state index in [4.69, 9.17) is 9.47 Å². The standard InChI is InChI=1S/C16H16O5/c1-4-5-6-7-12(17)11-8-16(3)15(10(2)14(11)19)20-9-13(18)21-16/h4-8H,9H2,1-3H3/b5-4+,7-6+. The lowest BCUT2D eigenvalue weighted by atomic mass is 9.84. The molecule has 5 heteroatoms. The zero-order valence-corrected chi connectivity index (χ0v) is 12.1. The fourth-order valence-electron chi connectivity index (χ4n) is 2.34. The monoisotopic (exact) mass is 288 g/mol. The van der Waals surface area contributed by atoms with Crippen molar-refractivity contribution >= 4 is 17.5 Å². The molecule has 0 saturated carbocycles. The molecule has 0 aromatic heterocycles. The number of hydrogen-bond acceptors (Lipinski definition) is 5. The molecule has 110 valence electrons. The van der Waals surface area contributed by atoms with E-state index < -0.39 is 23.1 Å². The molecule has 0 amide bonds. The normalized spacial score (nSPS) is 25.8. The fraction of sp³-hybridized carbons (Fsp3) is 0.312. The van der Waals surface area contributed by atoms with Gasteiger partial charge in [-0.2, -0.15) is 0 Å². The smallest absolute Gasteiger partial charge is 0.345 e. The second kappa shape index (κ2) is 5.52. The molecule has 2 rings (SSSR count). The van der Waals surface area contributed by atoms with E-state index in [1.54, 1.807) is 32.1 Å². The van der Waals surface area contributed by atoms with Gasteiger partial charge in [0.05, 0.1) is 5.57 Å². The largest absolute Gasteiger partial charge is 0.481 e. The van der Waals surface area contributed by atoms with Crippen molar-refractivity contribution in [3.8, 4) is 0 Å². The number of allylic oxidation sites excluding steroid dienone is 6. The minimum absolute atomic E-state index is 0.0159. The second-order valence-electron chi connectivity index (χ2n) is 4.96. The quantitative estimate of drug-likeness (QED) is 0.343. The number of carbonyl (C=O) groups is 3. The van der Waals surface area contributed by atoms with Crippen LogP contribution in [0.3, 0.4) is 0 Å². The second-order valence-corrected chi connectivity index (χ2v) is 4.96. The maximum atomic E-state index is 12.3. The van der Waals surface area contributed by atoms with Gasteiger partial charge in [0, 0.05) is 5.57 Å². The number of ketones is 2. The predicted molar refractivity (Wildman–Crippen MR) is 75.2 cm³/mol. The van der Waals surface area contributed by atoms with Crippen LogP contribution in [0.1, 0.15) is 20.8 Å². The van der Waals surface area contributed by atoms with Crippen molar-refractivity contribution in [2.75, 3.05) is 6.61 Å². The summed E-state index contributed by atoms with van der Waals surface area (Å²) in [5.74, 6) is -1.08. The summed E-state index contributed by atoms with van der Waals surface area (Å²) in [6, 6.07) is 0. The van der Waals surface area contributed by atoms with Crippen molar-refractivity contribution in [2.24, 2.45) is 0 Å². The third-order valence-electron chi connectivity index (χ3n) is 3.27. The van der Waals surface area contributed by atoms with Crippen LogP contribution in [0.2, 0.25) is 0 Å². The maximum Gasteiger partial charge on any atom is 0.345 e. The van der Waals surface area contributed by atoms with Crippen molar-refractivity contribution in [2.45, 2.75) is 26.4 Å². The van der Waals surface area contributed by atoms with Gasteiger partial charge < -0.3 is 9.47 Å². The number of hydrogen-bond donors (Lipinski definition) is 0. The van der Waals surface area contributed by atoms with Crippen LogP contribution < -0.4 is 0 Å². The minimum atomic E-state index is -1.20. The predicted octanol–water partition coefficient (Wildman–Crippen LogP) is 1.80. The SMILES string of the molecule is C/C=C/C=C/C(=O)C1=CC2(C)OC(=O)COC2=C(C)C1=O. The summed E-state index contributed by atoms with van der Waals surface area (Å²) in [4.78, 5) is 35.8. The Balaban J connectivity index is 2.40. The third-order valence-corrected chi connectivity index (χ3v) is 3.27. The van der Waals surface area contributed by atoms with Gasteiger partial charge in [-0.15, -0.1) is 0 Å². The van der Waals surface area contributed by atoms with Gasteiger partial charge in [-0.3, -0.25) is 9.59 Å². The van der Waals surface area contributed by atoms with E-state index in [9.17, 15) is 14.4 Å². The highest BCUT2D eigenvalue weighted by Gasteiger charge is 2.45. The summed E-state index contributed by atoms with van der Waals surface area (Å²) in [6.45, 7) is 4.75. The molecule has 2 aliphatic rings. The van der Waals surface area contributed by atoms with Crippen molar-refractivity contribution in [3.05, 3.63) is 47.3 Å². The molecule has 0 aromatic rings. The lowest BCUT2D eigenvalue weighted by molar-refractivity contribution is -0.169. The summed E-state index contributed by atoms with van der Waals surface area (Å²) < 4.78 is 10.6. The maximum absolute atomic E-state index is 12.3. The zero-order chi connectivity index (χ0) is 15.6. The van der Waals surface area contributed by atoms with Crippen molar-refractivity contribution in [3.63, 3.8) is 0 Å². The van der Waals surface area contributed by atoms with E-state index in [0.29, 0.717) is 5.76 Å². The van der Waals surface area contributed by atoms with Gasteiger partial charge in [-0.25, -0.2) is 4.79 Å². The van der Waals surface area contributed by atoms with Crippen LogP contribution in [-0.2, 0) is 23.9 Å². The Kier molecular flexibility index (Phi) is 3.93. The summed E-state index contributed by atoms with van der Waals surface area (Å²) in [5, 5.41) is 0. The van der Waals surface area contributed by atoms with Crippen LogP contribution >= 0.6 is 0 Å². The van der Waals surface area contributed by atoms with E-state index in [2.05, 4.69) is 0 Å². The molecule has 21 heavy (non-hydrogen) atoms. The Morgan fingerprint density at radius 2 is 2.05 bits per heavy atom. The molecule has 0 radical (unpaired) electrons. The molecular formula is C16H16O5. The Hall–Kier alpha value is -2.43. The molecular weight excluding hydrogens is 272 g/mol. The number of fused-ring (bicyclic) bond motifs is 1. The summed E-state index contributed by atoms with van der Waals surface area (Å²) in [5.41, 5.74) is -0.930. The van der Waals surface area contributed by atoms with Gasteiger partial charge in [0.2, 0.25) is 0 Å². The summed E-state index contributed by atoms with van der Waals surface area (Å²) >= 11 is 0. The highest BCUT2D eigenvalue weighted by atomic mass is 16.6. The zero-order valence-electron chi connectivity index (χ0n) is 12.1. The summed E-state index contributed by atoms with van der Waals surface area (Å²) in [6.07, 6.45) is 7.66. The third kappa shape index (κ3) is 2.72.